The van der Waals surface area contributed by atoms with Crippen molar-refractivity contribution in [2.24, 2.45) is 5.92 Å². The molecule has 1 saturated heterocycles. The smallest absolute Gasteiger partial charge is 0.226 e. The van der Waals surface area contributed by atoms with Gasteiger partial charge < -0.3 is 19.0 Å². The fraction of sp³-hybridized carbons (Fsp3) is 0.389. The molecule has 26 heavy (non-hydrogen) atoms. The molecule has 8 heteroatoms. The number of nitrogens with one attached hydrogen (secondary N) is 1. The third kappa shape index (κ3) is 4.23. The molecule has 1 unspecified atom stereocenters. The molecule has 0 aliphatic carbocycles. The fourth-order valence-corrected chi connectivity index (χ4v) is 3.00. The molecule has 1 fully saturated rings. The van der Waals surface area contributed by atoms with Crippen LogP contribution in [0.15, 0.2) is 39.5 Å². The number of nitrogens with zero attached hydrogens (tertiary/aromatic N) is 3. The lowest BCUT2D eigenvalue weighted by molar-refractivity contribution is 0.354. The number of hydrogen-bond acceptors (Lipinski definition) is 7. The summed E-state index contributed by atoms with van der Waals surface area (Å²) in [6.07, 6.45) is 4.12. The second kappa shape index (κ2) is 8.33. The lowest BCUT2D eigenvalue weighted by Gasteiger charge is -2.01. The first-order chi connectivity index (χ1) is 12.3. The molecule has 7 nitrogen and oxygen atoms in total. The van der Waals surface area contributed by atoms with Crippen LogP contribution in [0.2, 0.25) is 0 Å². The van der Waals surface area contributed by atoms with Crippen LogP contribution in [0, 0.1) is 5.92 Å². The Morgan fingerprint density at radius 3 is 2.81 bits per heavy atom. The predicted molar refractivity (Wildman–Crippen MR) is 97.5 cm³/mol. The number of rotatable bonds is 6. The van der Waals surface area contributed by atoms with Crippen molar-refractivity contribution < 1.29 is 13.7 Å². The van der Waals surface area contributed by atoms with Crippen LogP contribution in [0.25, 0.3) is 11.5 Å². The van der Waals surface area contributed by atoms with E-state index in [4.69, 9.17) is 13.7 Å². The molecule has 3 heterocycles. The van der Waals surface area contributed by atoms with Gasteiger partial charge in [-0.2, -0.15) is 4.98 Å². The molecule has 0 amide bonds. The summed E-state index contributed by atoms with van der Waals surface area (Å²) in [5, 5.41) is 7.40. The van der Waals surface area contributed by atoms with Crippen molar-refractivity contribution in [1.29, 1.82) is 0 Å². The Labute approximate surface area is 157 Å². The summed E-state index contributed by atoms with van der Waals surface area (Å²) in [5.41, 5.74) is 1.68. The van der Waals surface area contributed by atoms with E-state index in [1.54, 1.807) is 13.4 Å². The van der Waals surface area contributed by atoms with E-state index in [9.17, 15) is 0 Å². The highest BCUT2D eigenvalue weighted by Gasteiger charge is 2.19. The summed E-state index contributed by atoms with van der Waals surface area (Å²) in [7, 11) is 1.64. The summed E-state index contributed by atoms with van der Waals surface area (Å²) in [5.74, 6) is 3.28. The van der Waals surface area contributed by atoms with Gasteiger partial charge in [0.2, 0.25) is 11.8 Å². The van der Waals surface area contributed by atoms with Crippen LogP contribution in [0.1, 0.15) is 23.8 Å². The second-order valence-electron chi connectivity index (χ2n) is 6.22. The van der Waals surface area contributed by atoms with E-state index in [2.05, 4.69) is 20.4 Å². The molecular weight excluding hydrogens is 356 g/mol. The molecule has 138 valence electrons. The minimum Gasteiger partial charge on any atom is -0.497 e. The Morgan fingerprint density at radius 2 is 2.08 bits per heavy atom. The van der Waals surface area contributed by atoms with Crippen LogP contribution in [-0.4, -0.2) is 35.3 Å². The van der Waals surface area contributed by atoms with Gasteiger partial charge in [0.05, 0.1) is 19.2 Å². The predicted octanol–water partition coefficient (Wildman–Crippen LogP) is 2.90. The number of ether oxygens (including phenoxy) is 1. The molecule has 0 spiro atoms. The highest BCUT2D eigenvalue weighted by molar-refractivity contribution is 5.85. The normalized spacial score (nSPS) is 16.4. The van der Waals surface area contributed by atoms with Crippen molar-refractivity contribution in [2.45, 2.75) is 19.3 Å². The lowest BCUT2D eigenvalue weighted by atomic mass is 10.1. The largest absolute Gasteiger partial charge is 0.497 e. The third-order valence-corrected chi connectivity index (χ3v) is 4.36. The molecule has 0 radical (unpaired) electrons. The summed E-state index contributed by atoms with van der Waals surface area (Å²) in [6, 6.07) is 7.58. The molecule has 2 aromatic heterocycles. The first-order valence-corrected chi connectivity index (χ1v) is 8.41. The third-order valence-electron chi connectivity index (χ3n) is 4.36. The lowest BCUT2D eigenvalue weighted by Crippen LogP contribution is -2.10. The van der Waals surface area contributed by atoms with E-state index in [1.807, 2.05) is 24.3 Å². The van der Waals surface area contributed by atoms with Gasteiger partial charge in [-0.25, -0.2) is 4.98 Å². The highest BCUT2D eigenvalue weighted by Crippen LogP contribution is 2.22. The van der Waals surface area contributed by atoms with Crippen LogP contribution < -0.4 is 10.1 Å². The Hall–Kier alpha value is -2.38. The SMILES string of the molecule is COc1ccc(-c2nc(Cc3noc(CC4CCNC4)n3)co2)cc1.Cl. The molecule has 1 atom stereocenters. The zero-order chi connectivity index (χ0) is 17.1. The van der Waals surface area contributed by atoms with Crippen molar-refractivity contribution in [2.75, 3.05) is 20.2 Å². The van der Waals surface area contributed by atoms with Crippen LogP contribution >= 0.6 is 12.4 Å². The van der Waals surface area contributed by atoms with E-state index in [0.717, 1.165) is 42.9 Å². The van der Waals surface area contributed by atoms with Crippen molar-refractivity contribution in [3.8, 4) is 17.2 Å². The zero-order valence-electron chi connectivity index (χ0n) is 14.5. The molecular formula is C18H21ClN4O3. The van der Waals surface area contributed by atoms with E-state index in [1.165, 1.54) is 0 Å². The fourth-order valence-electron chi connectivity index (χ4n) is 3.00. The number of halogens is 1. The summed E-state index contributed by atoms with van der Waals surface area (Å²) in [6.45, 7) is 2.09. The van der Waals surface area contributed by atoms with Gasteiger partial charge in [-0.15, -0.1) is 12.4 Å². The molecule has 3 aromatic rings. The summed E-state index contributed by atoms with van der Waals surface area (Å²) < 4.78 is 16.1. The molecule has 1 N–H and O–H groups in total. The van der Waals surface area contributed by atoms with Crippen LogP contribution in [0.5, 0.6) is 5.75 Å². The Bertz CT molecular complexity index is 825. The first-order valence-electron chi connectivity index (χ1n) is 8.41. The Morgan fingerprint density at radius 1 is 1.23 bits per heavy atom. The van der Waals surface area contributed by atoms with Gasteiger partial charge in [0.25, 0.3) is 0 Å². The quantitative estimate of drug-likeness (QED) is 0.707. The number of hydrogen-bond donors (Lipinski definition) is 1. The highest BCUT2D eigenvalue weighted by atomic mass is 35.5. The summed E-state index contributed by atoms with van der Waals surface area (Å²) >= 11 is 0. The van der Waals surface area contributed by atoms with E-state index in [0.29, 0.717) is 29.9 Å². The first kappa shape index (κ1) is 18.4. The van der Waals surface area contributed by atoms with Crippen LogP contribution in [0.4, 0.5) is 0 Å². The van der Waals surface area contributed by atoms with Gasteiger partial charge in [-0.1, -0.05) is 5.16 Å². The standard InChI is InChI=1S/C18H20N4O3.ClH/c1-23-15-4-2-13(3-5-15)18-20-14(11-24-18)9-16-21-17(25-22-16)8-12-6-7-19-10-12;/h2-5,11-12,19H,6-10H2,1H3;1H. The van der Waals surface area contributed by atoms with E-state index < -0.39 is 0 Å². The van der Waals surface area contributed by atoms with E-state index >= 15 is 0 Å². The molecule has 0 bridgehead atoms. The number of methoxy groups -OCH3 is 1. The van der Waals surface area contributed by atoms with Crippen molar-refractivity contribution in [3.63, 3.8) is 0 Å². The van der Waals surface area contributed by atoms with Crippen molar-refractivity contribution in [1.82, 2.24) is 20.4 Å². The summed E-state index contributed by atoms with van der Waals surface area (Å²) in [4.78, 5) is 8.97. The number of oxazole rings is 1. The maximum Gasteiger partial charge on any atom is 0.226 e. The molecule has 1 aromatic carbocycles. The van der Waals surface area contributed by atoms with Gasteiger partial charge in [0.1, 0.15) is 12.0 Å². The van der Waals surface area contributed by atoms with Gasteiger partial charge in [0.15, 0.2) is 5.82 Å². The van der Waals surface area contributed by atoms with Crippen molar-refractivity contribution in [3.05, 3.63) is 47.9 Å². The molecule has 1 aliphatic rings. The topological polar surface area (TPSA) is 86.2 Å². The monoisotopic (exact) mass is 376 g/mol. The van der Waals surface area contributed by atoms with Crippen LogP contribution in [-0.2, 0) is 12.8 Å². The van der Waals surface area contributed by atoms with Gasteiger partial charge >= 0.3 is 0 Å². The van der Waals surface area contributed by atoms with Gasteiger partial charge in [0, 0.05) is 12.0 Å². The molecule has 0 saturated carbocycles. The Kier molecular flexibility index (Phi) is 5.90. The van der Waals surface area contributed by atoms with Crippen LogP contribution in [0.3, 0.4) is 0 Å². The maximum absolute atomic E-state index is 5.56. The minimum absolute atomic E-state index is 0. The average molecular weight is 377 g/mol. The number of benzene rings is 1. The van der Waals surface area contributed by atoms with Gasteiger partial charge in [-0.3, -0.25) is 0 Å². The molecule has 1 aliphatic heterocycles. The average Bonchev–Trinajstić information content (AvgIpc) is 3.39. The van der Waals surface area contributed by atoms with Crippen molar-refractivity contribution >= 4 is 12.4 Å². The van der Waals surface area contributed by atoms with Gasteiger partial charge in [-0.05, 0) is 49.7 Å². The minimum atomic E-state index is 0. The number of aromatic nitrogens is 3. The Balaban J connectivity index is 0.00000196. The zero-order valence-corrected chi connectivity index (χ0v) is 15.3. The molecule has 4 rings (SSSR count). The maximum atomic E-state index is 5.56. The van der Waals surface area contributed by atoms with E-state index in [-0.39, 0.29) is 12.4 Å². The second-order valence-corrected chi connectivity index (χ2v) is 6.22.